The molecular formula is C22H26N6O2. The van der Waals surface area contributed by atoms with Crippen LogP contribution in [-0.4, -0.2) is 53.1 Å². The van der Waals surface area contributed by atoms with Gasteiger partial charge in [0.05, 0.1) is 17.2 Å². The third-order valence-corrected chi connectivity index (χ3v) is 5.48. The average molecular weight is 406 g/mol. The molecule has 8 heteroatoms. The quantitative estimate of drug-likeness (QED) is 0.787. The fraction of sp³-hybridized carbons (Fsp3) is 0.455. The van der Waals surface area contributed by atoms with Crippen LogP contribution >= 0.6 is 0 Å². The first kappa shape index (κ1) is 20.1. The van der Waals surface area contributed by atoms with Crippen molar-refractivity contribution in [2.24, 2.45) is 0 Å². The van der Waals surface area contributed by atoms with E-state index in [0.29, 0.717) is 35.1 Å². The molecule has 0 spiro atoms. The summed E-state index contributed by atoms with van der Waals surface area (Å²) in [4.78, 5) is 23.0. The first-order valence-electron chi connectivity index (χ1n) is 10.5. The summed E-state index contributed by atoms with van der Waals surface area (Å²) in [5, 5.41) is 15.9. The molecule has 2 aromatic rings. The molecule has 8 nitrogen and oxygen atoms in total. The normalized spacial score (nSPS) is 17.2. The van der Waals surface area contributed by atoms with Crippen LogP contribution in [0.1, 0.15) is 48.0 Å². The predicted octanol–water partition coefficient (Wildman–Crippen LogP) is 2.85. The summed E-state index contributed by atoms with van der Waals surface area (Å²) in [7, 11) is 0. The Labute approximate surface area is 176 Å². The summed E-state index contributed by atoms with van der Waals surface area (Å²) < 4.78 is 5.98. The van der Waals surface area contributed by atoms with E-state index in [4.69, 9.17) is 4.74 Å². The van der Waals surface area contributed by atoms with E-state index in [2.05, 4.69) is 26.7 Å². The molecule has 1 saturated carbocycles. The smallest absolute Gasteiger partial charge is 0.257 e. The molecule has 1 aliphatic carbocycles. The number of benzene rings is 1. The summed E-state index contributed by atoms with van der Waals surface area (Å²) in [6.07, 6.45) is 8.65. The highest BCUT2D eigenvalue weighted by molar-refractivity contribution is 5.93. The lowest BCUT2D eigenvalue weighted by atomic mass is 10.2. The second-order valence-corrected chi connectivity index (χ2v) is 7.66. The first-order valence-corrected chi connectivity index (χ1v) is 10.5. The zero-order chi connectivity index (χ0) is 20.8. The van der Waals surface area contributed by atoms with Crippen molar-refractivity contribution in [3.8, 4) is 11.8 Å². The lowest BCUT2D eigenvalue weighted by Gasteiger charge is -2.19. The molecule has 0 radical (unpaired) electrons. The molecule has 0 unspecified atom stereocenters. The molecule has 1 aliphatic heterocycles. The van der Waals surface area contributed by atoms with E-state index in [-0.39, 0.29) is 12.0 Å². The number of ether oxygens (including phenoxy) is 1. The third kappa shape index (κ3) is 4.86. The van der Waals surface area contributed by atoms with E-state index in [1.165, 1.54) is 12.8 Å². The van der Waals surface area contributed by atoms with Crippen LogP contribution in [0.25, 0.3) is 0 Å². The number of anilines is 2. The van der Waals surface area contributed by atoms with Crippen molar-refractivity contribution in [3.63, 3.8) is 0 Å². The largest absolute Gasteiger partial charge is 0.489 e. The van der Waals surface area contributed by atoms with E-state index in [1.807, 2.05) is 17.0 Å². The maximum absolute atomic E-state index is 12.6. The molecular weight excluding hydrogens is 380 g/mol. The van der Waals surface area contributed by atoms with Gasteiger partial charge in [0.1, 0.15) is 11.8 Å². The molecule has 2 fully saturated rings. The number of nitrogens with zero attached hydrogens (tertiary/aromatic N) is 4. The number of nitrogens with one attached hydrogen (secondary N) is 2. The minimum atomic E-state index is -0.0505. The van der Waals surface area contributed by atoms with Gasteiger partial charge >= 0.3 is 0 Å². The van der Waals surface area contributed by atoms with Gasteiger partial charge in [-0.2, -0.15) is 5.26 Å². The van der Waals surface area contributed by atoms with Crippen LogP contribution in [0.4, 0.5) is 11.6 Å². The van der Waals surface area contributed by atoms with Crippen LogP contribution in [-0.2, 0) is 0 Å². The van der Waals surface area contributed by atoms with Gasteiger partial charge < -0.3 is 20.3 Å². The van der Waals surface area contributed by atoms with Gasteiger partial charge in [0.15, 0.2) is 0 Å². The van der Waals surface area contributed by atoms with Crippen LogP contribution in [0.2, 0.25) is 0 Å². The Hall–Kier alpha value is -3.18. The second-order valence-electron chi connectivity index (χ2n) is 7.66. The maximum atomic E-state index is 12.6. The number of nitriles is 1. The standard InChI is InChI=1S/C22H26N6O2/c23-13-16-12-18(6-7-20(16)30-19-4-1-2-5-19)27-22-25-14-17(15-26-22)21(29)28-10-3-8-24-9-11-28/h6-7,12,14-15,19,24H,1-5,8-11H2,(H,25,26,27). The van der Waals surface area contributed by atoms with Crippen molar-refractivity contribution in [1.29, 1.82) is 5.26 Å². The van der Waals surface area contributed by atoms with E-state index in [0.717, 1.165) is 38.9 Å². The van der Waals surface area contributed by atoms with Gasteiger partial charge in [-0.05, 0) is 56.8 Å². The van der Waals surface area contributed by atoms with Crippen molar-refractivity contribution in [2.45, 2.75) is 38.2 Å². The summed E-state index contributed by atoms with van der Waals surface area (Å²) in [5.74, 6) is 0.937. The Bertz CT molecular complexity index is 910. The van der Waals surface area contributed by atoms with Crippen LogP contribution in [0, 0.1) is 11.3 Å². The molecule has 2 N–H and O–H groups in total. The van der Waals surface area contributed by atoms with E-state index in [9.17, 15) is 10.1 Å². The van der Waals surface area contributed by atoms with E-state index in [1.54, 1.807) is 18.5 Å². The molecule has 1 saturated heterocycles. The zero-order valence-corrected chi connectivity index (χ0v) is 16.9. The lowest BCUT2D eigenvalue weighted by Crippen LogP contribution is -2.34. The van der Waals surface area contributed by atoms with Gasteiger partial charge in [-0.25, -0.2) is 9.97 Å². The molecule has 1 aromatic heterocycles. The number of hydrogen-bond acceptors (Lipinski definition) is 7. The summed E-state index contributed by atoms with van der Waals surface area (Å²) in [6, 6.07) is 7.59. The minimum absolute atomic E-state index is 0.0505. The summed E-state index contributed by atoms with van der Waals surface area (Å²) in [5.41, 5.74) is 1.65. The number of carbonyl (C=O) groups is 1. The van der Waals surface area contributed by atoms with E-state index >= 15 is 0 Å². The van der Waals surface area contributed by atoms with Gasteiger partial charge in [0.2, 0.25) is 5.95 Å². The summed E-state index contributed by atoms with van der Waals surface area (Å²) >= 11 is 0. The molecule has 30 heavy (non-hydrogen) atoms. The van der Waals surface area contributed by atoms with Gasteiger partial charge in [-0.1, -0.05) is 0 Å². The molecule has 0 bridgehead atoms. The number of aromatic nitrogens is 2. The Morgan fingerprint density at radius 3 is 2.73 bits per heavy atom. The van der Waals surface area contributed by atoms with Crippen molar-refractivity contribution >= 4 is 17.5 Å². The maximum Gasteiger partial charge on any atom is 0.257 e. The average Bonchev–Trinajstić information content (AvgIpc) is 3.14. The van der Waals surface area contributed by atoms with Gasteiger partial charge in [0.25, 0.3) is 5.91 Å². The molecule has 156 valence electrons. The Morgan fingerprint density at radius 1 is 1.17 bits per heavy atom. The Morgan fingerprint density at radius 2 is 1.97 bits per heavy atom. The number of amides is 1. The molecule has 1 amide bonds. The zero-order valence-electron chi connectivity index (χ0n) is 16.9. The highest BCUT2D eigenvalue weighted by Gasteiger charge is 2.19. The highest BCUT2D eigenvalue weighted by atomic mass is 16.5. The first-order chi connectivity index (χ1) is 14.7. The van der Waals surface area contributed by atoms with Crippen LogP contribution < -0.4 is 15.4 Å². The van der Waals surface area contributed by atoms with Crippen molar-refractivity contribution in [2.75, 3.05) is 31.5 Å². The molecule has 2 heterocycles. The Kier molecular flexibility index (Phi) is 6.40. The molecule has 2 aliphatic rings. The number of carbonyl (C=O) groups excluding carboxylic acids is 1. The van der Waals surface area contributed by atoms with Crippen LogP contribution in [0.3, 0.4) is 0 Å². The fourth-order valence-electron chi connectivity index (χ4n) is 3.85. The molecule has 0 atom stereocenters. The molecule has 1 aromatic carbocycles. The number of rotatable bonds is 5. The van der Waals surface area contributed by atoms with Crippen molar-refractivity contribution in [1.82, 2.24) is 20.2 Å². The Balaban J connectivity index is 1.41. The fourth-order valence-corrected chi connectivity index (χ4v) is 3.85. The van der Waals surface area contributed by atoms with Crippen molar-refractivity contribution in [3.05, 3.63) is 41.7 Å². The van der Waals surface area contributed by atoms with Gasteiger partial charge in [-0.15, -0.1) is 0 Å². The van der Waals surface area contributed by atoms with Gasteiger partial charge in [-0.3, -0.25) is 4.79 Å². The highest BCUT2D eigenvalue weighted by Crippen LogP contribution is 2.28. The van der Waals surface area contributed by atoms with Crippen LogP contribution in [0.15, 0.2) is 30.6 Å². The predicted molar refractivity (Wildman–Crippen MR) is 113 cm³/mol. The molecule has 4 rings (SSSR count). The number of hydrogen-bond donors (Lipinski definition) is 2. The topological polar surface area (TPSA) is 103 Å². The lowest BCUT2D eigenvalue weighted by molar-refractivity contribution is 0.0765. The summed E-state index contributed by atoms with van der Waals surface area (Å²) in [6.45, 7) is 3.15. The second kappa shape index (κ2) is 9.55. The monoisotopic (exact) mass is 406 g/mol. The minimum Gasteiger partial charge on any atom is -0.489 e. The third-order valence-electron chi connectivity index (χ3n) is 5.48. The van der Waals surface area contributed by atoms with E-state index < -0.39 is 0 Å². The van der Waals surface area contributed by atoms with Crippen molar-refractivity contribution < 1.29 is 9.53 Å². The SMILES string of the molecule is N#Cc1cc(Nc2ncc(C(=O)N3CCCNCC3)cn2)ccc1OC1CCCC1. The van der Waals surface area contributed by atoms with Crippen LogP contribution in [0.5, 0.6) is 5.75 Å². The van der Waals surface area contributed by atoms with Gasteiger partial charge in [0, 0.05) is 37.7 Å².